The second-order valence-corrected chi connectivity index (χ2v) is 18.6. The molecule has 346 valence electrons. The Kier molecular flexibility index (Phi) is 46.1. The zero-order valence-corrected chi connectivity index (χ0v) is 40.7. The van der Waals surface area contributed by atoms with E-state index in [-0.39, 0.29) is 0 Å². The average Bonchev–Trinajstić information content (AvgIpc) is 3.22. The molecule has 5 heteroatoms. The van der Waals surface area contributed by atoms with Gasteiger partial charge < -0.3 is 14.7 Å². The molecule has 0 aromatic heterocycles. The van der Waals surface area contributed by atoms with Gasteiger partial charge in [0, 0.05) is 39.0 Å². The summed E-state index contributed by atoms with van der Waals surface area (Å²) in [5.74, 6) is 0.811. The van der Waals surface area contributed by atoms with Gasteiger partial charge in [-0.1, -0.05) is 220 Å². The summed E-state index contributed by atoms with van der Waals surface area (Å²) in [6.07, 6.45) is 50.4. The third kappa shape index (κ3) is 40.3. The van der Waals surface area contributed by atoms with E-state index in [4.69, 9.17) is 0 Å². The Hall–Kier alpha value is -1.10. The number of unbranched alkanes of at least 4 members (excludes halogenated alkanes) is 32. The highest BCUT2D eigenvalue weighted by molar-refractivity contribution is 5.76. The number of amides is 2. The summed E-state index contributed by atoms with van der Waals surface area (Å²) in [7, 11) is 2.25. The van der Waals surface area contributed by atoms with Gasteiger partial charge in [0.25, 0.3) is 0 Å². The zero-order chi connectivity index (χ0) is 42.4. The minimum absolute atomic E-state index is 0.406. The predicted octanol–water partition coefficient (Wildman–Crippen LogP) is 16.3. The summed E-state index contributed by atoms with van der Waals surface area (Å²) in [6, 6.07) is 0. The van der Waals surface area contributed by atoms with Gasteiger partial charge in [0.1, 0.15) is 0 Å². The van der Waals surface area contributed by atoms with Crippen LogP contribution in [0.5, 0.6) is 0 Å². The van der Waals surface area contributed by atoms with E-state index in [1.165, 1.54) is 218 Å². The van der Waals surface area contributed by atoms with E-state index in [2.05, 4.69) is 49.4 Å². The molecular weight excluding hydrogens is 711 g/mol. The fraction of sp³-hybridized carbons (Fsp3) is 0.962. The maximum absolute atomic E-state index is 13.3. The van der Waals surface area contributed by atoms with Gasteiger partial charge in [-0.05, 0) is 71.5 Å². The highest BCUT2D eigenvalue weighted by Gasteiger charge is 2.14. The molecule has 0 N–H and O–H groups in total. The van der Waals surface area contributed by atoms with Gasteiger partial charge in [0.05, 0.1) is 0 Å². The lowest BCUT2D eigenvalue weighted by molar-refractivity contribution is -0.132. The fourth-order valence-corrected chi connectivity index (χ4v) is 8.57. The van der Waals surface area contributed by atoms with Crippen LogP contribution in [0, 0.1) is 0 Å². The molecule has 0 aliphatic rings. The summed E-state index contributed by atoms with van der Waals surface area (Å²) in [5, 5.41) is 0. The van der Waals surface area contributed by atoms with Crippen molar-refractivity contribution in [3.63, 3.8) is 0 Å². The maximum Gasteiger partial charge on any atom is 0.222 e. The highest BCUT2D eigenvalue weighted by Crippen LogP contribution is 2.16. The largest absolute Gasteiger partial charge is 0.343 e. The van der Waals surface area contributed by atoms with E-state index in [0.29, 0.717) is 11.8 Å². The lowest BCUT2D eigenvalue weighted by Crippen LogP contribution is -2.33. The molecule has 0 aliphatic heterocycles. The molecular formula is C53H107N3O2. The first-order valence-corrected chi connectivity index (χ1v) is 26.7. The van der Waals surface area contributed by atoms with Gasteiger partial charge in [0.15, 0.2) is 0 Å². The highest BCUT2D eigenvalue weighted by atomic mass is 16.2. The second kappa shape index (κ2) is 47.0. The Morgan fingerprint density at radius 3 is 0.690 bits per heavy atom. The molecule has 0 aromatic rings. The standard InChI is InChI=1S/C53H107N3O2/c1-6-10-14-18-22-26-30-40-48-55(49-41-31-27-23-19-15-11-7-2)52(57)44-36-34-38-46-54(5)47-39-35-37-45-53(58)56(50-42-32-28-24-20-16-12-8-3)51-43-33-29-25-21-17-13-9-4/h6-51H2,1-5H3. The molecule has 0 saturated heterocycles. The van der Waals surface area contributed by atoms with Crippen LogP contribution in [0.2, 0.25) is 0 Å². The summed E-state index contributed by atoms with van der Waals surface area (Å²) in [6.45, 7) is 15.2. The van der Waals surface area contributed by atoms with Gasteiger partial charge in [-0.3, -0.25) is 9.59 Å². The first-order chi connectivity index (χ1) is 28.5. The van der Waals surface area contributed by atoms with Crippen molar-refractivity contribution in [1.29, 1.82) is 0 Å². The fourth-order valence-electron chi connectivity index (χ4n) is 8.57. The van der Waals surface area contributed by atoms with Gasteiger partial charge in [-0.2, -0.15) is 0 Å². The number of carbonyl (C=O) groups is 2. The number of hydrogen-bond acceptors (Lipinski definition) is 3. The van der Waals surface area contributed by atoms with E-state index in [1.807, 2.05) is 0 Å². The van der Waals surface area contributed by atoms with Crippen molar-refractivity contribution in [2.45, 2.75) is 285 Å². The average molecular weight is 818 g/mol. The normalized spacial score (nSPS) is 11.6. The molecule has 5 nitrogen and oxygen atoms in total. The maximum atomic E-state index is 13.3. The van der Waals surface area contributed by atoms with E-state index >= 15 is 0 Å². The first kappa shape index (κ1) is 56.9. The molecule has 58 heavy (non-hydrogen) atoms. The first-order valence-electron chi connectivity index (χ1n) is 26.7. The Morgan fingerprint density at radius 1 is 0.259 bits per heavy atom. The number of nitrogens with zero attached hydrogens (tertiary/aromatic N) is 3. The molecule has 0 heterocycles. The molecule has 0 bridgehead atoms. The van der Waals surface area contributed by atoms with Gasteiger partial charge in [-0.15, -0.1) is 0 Å². The van der Waals surface area contributed by atoms with Crippen LogP contribution >= 0.6 is 0 Å². The summed E-state index contributed by atoms with van der Waals surface area (Å²) in [5.41, 5.74) is 0. The van der Waals surface area contributed by atoms with E-state index in [1.54, 1.807) is 0 Å². The quantitative estimate of drug-likeness (QED) is 0.0575. The molecule has 0 aliphatic carbocycles. The van der Waals surface area contributed by atoms with Gasteiger partial charge in [0.2, 0.25) is 11.8 Å². The third-order valence-corrected chi connectivity index (χ3v) is 12.7. The smallest absolute Gasteiger partial charge is 0.222 e. The molecule has 0 atom stereocenters. The van der Waals surface area contributed by atoms with Crippen LogP contribution in [0.1, 0.15) is 285 Å². The van der Waals surface area contributed by atoms with Crippen molar-refractivity contribution in [2.75, 3.05) is 46.3 Å². The van der Waals surface area contributed by atoms with Crippen LogP contribution < -0.4 is 0 Å². The Bertz CT molecular complexity index is 728. The van der Waals surface area contributed by atoms with Crippen LogP contribution in [0.25, 0.3) is 0 Å². The zero-order valence-electron chi connectivity index (χ0n) is 40.7. The summed E-state index contributed by atoms with van der Waals surface area (Å²) < 4.78 is 0. The minimum Gasteiger partial charge on any atom is -0.343 e. The van der Waals surface area contributed by atoms with Crippen molar-refractivity contribution >= 4 is 11.8 Å². The van der Waals surface area contributed by atoms with Crippen molar-refractivity contribution in [3.8, 4) is 0 Å². The summed E-state index contributed by atoms with van der Waals surface area (Å²) in [4.78, 5) is 33.6. The topological polar surface area (TPSA) is 43.9 Å². The molecule has 0 aromatic carbocycles. The number of hydrogen-bond donors (Lipinski definition) is 0. The second-order valence-electron chi connectivity index (χ2n) is 18.6. The van der Waals surface area contributed by atoms with Crippen LogP contribution in [-0.2, 0) is 9.59 Å². The van der Waals surface area contributed by atoms with Gasteiger partial charge >= 0.3 is 0 Å². The summed E-state index contributed by atoms with van der Waals surface area (Å²) >= 11 is 0. The van der Waals surface area contributed by atoms with E-state index in [0.717, 1.165) is 77.8 Å². The third-order valence-electron chi connectivity index (χ3n) is 12.7. The van der Waals surface area contributed by atoms with E-state index < -0.39 is 0 Å². The molecule has 0 unspecified atom stereocenters. The molecule has 0 saturated carbocycles. The van der Waals surface area contributed by atoms with Crippen LogP contribution in [0.15, 0.2) is 0 Å². The van der Waals surface area contributed by atoms with Crippen molar-refractivity contribution in [3.05, 3.63) is 0 Å². The lowest BCUT2D eigenvalue weighted by Gasteiger charge is -2.23. The Morgan fingerprint density at radius 2 is 0.448 bits per heavy atom. The van der Waals surface area contributed by atoms with Crippen LogP contribution in [0.3, 0.4) is 0 Å². The number of carbonyl (C=O) groups excluding carboxylic acids is 2. The SMILES string of the molecule is CCCCCCCCCCN(CCCCCCCCCC)C(=O)CCCCCN(C)CCCCCC(=O)N(CCCCCCCCCC)CCCCCCCCCC. The minimum atomic E-state index is 0.406. The Balaban J connectivity index is 4.40. The van der Waals surface area contributed by atoms with Crippen molar-refractivity contribution < 1.29 is 9.59 Å². The Labute approximate surface area is 365 Å². The van der Waals surface area contributed by atoms with Crippen molar-refractivity contribution in [2.24, 2.45) is 0 Å². The number of rotatable bonds is 48. The lowest BCUT2D eigenvalue weighted by atomic mass is 10.1. The predicted molar refractivity (Wildman–Crippen MR) is 258 cm³/mol. The molecule has 0 rings (SSSR count). The molecule has 0 fully saturated rings. The van der Waals surface area contributed by atoms with Crippen molar-refractivity contribution in [1.82, 2.24) is 14.7 Å². The molecule has 0 spiro atoms. The molecule has 2 amide bonds. The van der Waals surface area contributed by atoms with Crippen LogP contribution in [0.4, 0.5) is 0 Å². The van der Waals surface area contributed by atoms with Gasteiger partial charge in [-0.25, -0.2) is 0 Å². The monoisotopic (exact) mass is 818 g/mol. The molecule has 0 radical (unpaired) electrons. The van der Waals surface area contributed by atoms with E-state index in [9.17, 15) is 9.59 Å². The van der Waals surface area contributed by atoms with Crippen LogP contribution in [-0.4, -0.2) is 72.8 Å².